The summed E-state index contributed by atoms with van der Waals surface area (Å²) >= 11 is 0. The molecule has 2 aliphatic rings. The number of hydrogen-bond donors (Lipinski definition) is 1. The SMILES string of the molecule is COc1nccnc1NC1c2cc(F)ccc2N(C(C)=O)C(C2CC2)C1C. The summed E-state index contributed by atoms with van der Waals surface area (Å²) in [7, 11) is 1.54. The number of carbonyl (C=O) groups is 1. The van der Waals surface area contributed by atoms with Crippen molar-refractivity contribution < 1.29 is 13.9 Å². The average molecular weight is 370 g/mol. The van der Waals surface area contributed by atoms with Crippen molar-refractivity contribution in [2.45, 2.75) is 38.8 Å². The lowest BCUT2D eigenvalue weighted by Gasteiger charge is -2.45. The van der Waals surface area contributed by atoms with E-state index in [1.165, 1.54) is 19.2 Å². The van der Waals surface area contributed by atoms with Crippen LogP contribution in [0.5, 0.6) is 5.88 Å². The van der Waals surface area contributed by atoms with E-state index in [2.05, 4.69) is 22.2 Å². The van der Waals surface area contributed by atoms with Gasteiger partial charge in [0, 0.05) is 42.5 Å². The van der Waals surface area contributed by atoms with Crippen LogP contribution in [0.2, 0.25) is 0 Å². The molecule has 0 radical (unpaired) electrons. The molecule has 1 saturated carbocycles. The van der Waals surface area contributed by atoms with Crippen molar-refractivity contribution in [2.24, 2.45) is 11.8 Å². The number of halogens is 1. The first kappa shape index (κ1) is 17.7. The van der Waals surface area contributed by atoms with Crippen molar-refractivity contribution in [3.05, 3.63) is 42.0 Å². The minimum Gasteiger partial charge on any atom is -0.478 e. The molecule has 1 aromatic carbocycles. The number of rotatable bonds is 4. The summed E-state index contributed by atoms with van der Waals surface area (Å²) in [5.41, 5.74) is 1.52. The summed E-state index contributed by atoms with van der Waals surface area (Å²) in [6, 6.07) is 4.49. The summed E-state index contributed by atoms with van der Waals surface area (Å²) in [5, 5.41) is 3.40. The lowest BCUT2D eigenvalue weighted by Crippen LogP contribution is -2.51. The molecule has 7 heteroatoms. The van der Waals surface area contributed by atoms with Crippen LogP contribution in [0, 0.1) is 17.7 Å². The van der Waals surface area contributed by atoms with E-state index in [1.807, 2.05) is 4.90 Å². The number of ether oxygens (including phenoxy) is 1. The van der Waals surface area contributed by atoms with Crippen molar-refractivity contribution in [3.63, 3.8) is 0 Å². The van der Waals surface area contributed by atoms with Gasteiger partial charge >= 0.3 is 0 Å². The predicted octanol–water partition coefficient (Wildman–Crippen LogP) is 3.56. The largest absolute Gasteiger partial charge is 0.478 e. The highest BCUT2D eigenvalue weighted by Gasteiger charge is 2.47. The lowest BCUT2D eigenvalue weighted by atomic mass is 9.80. The van der Waals surface area contributed by atoms with Crippen LogP contribution in [-0.4, -0.2) is 29.0 Å². The van der Waals surface area contributed by atoms with E-state index in [-0.39, 0.29) is 29.7 Å². The molecule has 1 aromatic heterocycles. The van der Waals surface area contributed by atoms with Crippen LogP contribution in [0.3, 0.4) is 0 Å². The maximum absolute atomic E-state index is 14.1. The Morgan fingerprint density at radius 3 is 2.70 bits per heavy atom. The molecule has 1 aliphatic carbocycles. The number of nitrogens with zero attached hydrogens (tertiary/aromatic N) is 3. The number of hydrogen-bond acceptors (Lipinski definition) is 5. The van der Waals surface area contributed by atoms with Gasteiger partial charge in [-0.1, -0.05) is 6.92 Å². The van der Waals surface area contributed by atoms with Gasteiger partial charge in [0.15, 0.2) is 5.82 Å². The molecule has 3 atom stereocenters. The number of nitrogens with one attached hydrogen (secondary N) is 1. The molecular formula is C20H23FN4O2. The van der Waals surface area contributed by atoms with Crippen molar-refractivity contribution in [2.75, 3.05) is 17.3 Å². The first-order valence-corrected chi connectivity index (χ1v) is 9.22. The second-order valence-electron chi connectivity index (χ2n) is 7.32. The second-order valence-corrected chi connectivity index (χ2v) is 7.32. The van der Waals surface area contributed by atoms with Gasteiger partial charge in [-0.2, -0.15) is 0 Å². The first-order chi connectivity index (χ1) is 13.0. The number of aromatic nitrogens is 2. The molecule has 4 rings (SSSR count). The summed E-state index contributed by atoms with van der Waals surface area (Å²) in [4.78, 5) is 22.8. The van der Waals surface area contributed by atoms with Gasteiger partial charge in [-0.15, -0.1) is 0 Å². The van der Waals surface area contributed by atoms with E-state index >= 15 is 0 Å². The van der Waals surface area contributed by atoms with Gasteiger partial charge in [0.2, 0.25) is 5.91 Å². The molecule has 142 valence electrons. The number of amides is 1. The van der Waals surface area contributed by atoms with Crippen LogP contribution in [0.25, 0.3) is 0 Å². The predicted molar refractivity (Wildman–Crippen MR) is 100 cm³/mol. The van der Waals surface area contributed by atoms with Crippen LogP contribution in [0.1, 0.15) is 38.3 Å². The van der Waals surface area contributed by atoms with Crippen molar-refractivity contribution in [1.29, 1.82) is 0 Å². The Hall–Kier alpha value is -2.70. The molecule has 0 spiro atoms. The molecule has 0 saturated heterocycles. The standard InChI is InChI=1S/C20H23FN4O2/c1-11-17(24-19-20(27-3)23-9-8-22-19)15-10-14(21)6-7-16(15)25(12(2)26)18(11)13-4-5-13/h6-11,13,17-18H,4-5H2,1-3H3,(H,22,24). The maximum Gasteiger partial charge on any atom is 0.257 e. The fraction of sp³-hybridized carbons (Fsp3) is 0.450. The van der Waals surface area contributed by atoms with Gasteiger partial charge in [0.05, 0.1) is 13.2 Å². The summed E-state index contributed by atoms with van der Waals surface area (Å²) < 4.78 is 19.4. The zero-order valence-electron chi connectivity index (χ0n) is 15.6. The number of carbonyl (C=O) groups excluding carboxylic acids is 1. The van der Waals surface area contributed by atoms with Gasteiger partial charge in [0.1, 0.15) is 5.82 Å². The Morgan fingerprint density at radius 2 is 2.04 bits per heavy atom. The second kappa shape index (κ2) is 6.79. The highest BCUT2D eigenvalue weighted by molar-refractivity contribution is 5.94. The minimum atomic E-state index is -0.327. The van der Waals surface area contributed by atoms with Crippen LogP contribution in [-0.2, 0) is 4.79 Å². The number of anilines is 2. The Morgan fingerprint density at radius 1 is 1.30 bits per heavy atom. The fourth-order valence-electron chi connectivity index (χ4n) is 4.26. The highest BCUT2D eigenvalue weighted by atomic mass is 19.1. The average Bonchev–Trinajstić information content (AvgIpc) is 3.48. The maximum atomic E-state index is 14.1. The molecule has 1 N–H and O–H groups in total. The Balaban J connectivity index is 1.81. The molecule has 0 bridgehead atoms. The van der Waals surface area contributed by atoms with Crippen LogP contribution < -0.4 is 15.0 Å². The Kier molecular flexibility index (Phi) is 4.45. The van der Waals surface area contributed by atoms with E-state index in [1.54, 1.807) is 25.4 Å². The zero-order chi connectivity index (χ0) is 19.1. The van der Waals surface area contributed by atoms with Gasteiger partial charge in [-0.25, -0.2) is 14.4 Å². The van der Waals surface area contributed by atoms with E-state index in [0.29, 0.717) is 17.6 Å². The summed E-state index contributed by atoms with van der Waals surface area (Å²) in [6.07, 6.45) is 5.37. The summed E-state index contributed by atoms with van der Waals surface area (Å²) in [5.74, 6) is 1.10. The van der Waals surface area contributed by atoms with Gasteiger partial charge in [-0.3, -0.25) is 4.79 Å². The molecule has 1 amide bonds. The lowest BCUT2D eigenvalue weighted by molar-refractivity contribution is -0.117. The number of methoxy groups -OCH3 is 1. The number of benzene rings is 1. The first-order valence-electron chi connectivity index (χ1n) is 9.22. The molecule has 3 unspecified atom stereocenters. The monoisotopic (exact) mass is 370 g/mol. The third kappa shape index (κ3) is 3.11. The fourth-order valence-corrected chi connectivity index (χ4v) is 4.26. The third-order valence-corrected chi connectivity index (χ3v) is 5.54. The van der Waals surface area contributed by atoms with E-state index in [9.17, 15) is 9.18 Å². The molecule has 27 heavy (non-hydrogen) atoms. The molecule has 1 aliphatic heterocycles. The minimum absolute atomic E-state index is 0.0119. The normalized spacial score (nSPS) is 24.3. The molecule has 2 heterocycles. The molecule has 2 aromatic rings. The Bertz CT molecular complexity index is 871. The van der Waals surface area contributed by atoms with Gasteiger partial charge in [0.25, 0.3) is 5.88 Å². The smallest absolute Gasteiger partial charge is 0.257 e. The van der Waals surface area contributed by atoms with Crippen LogP contribution >= 0.6 is 0 Å². The van der Waals surface area contributed by atoms with E-state index < -0.39 is 0 Å². The van der Waals surface area contributed by atoms with Crippen LogP contribution in [0.15, 0.2) is 30.6 Å². The van der Waals surface area contributed by atoms with Crippen LogP contribution in [0.4, 0.5) is 15.9 Å². The van der Waals surface area contributed by atoms with Crippen molar-refractivity contribution >= 4 is 17.4 Å². The van der Waals surface area contributed by atoms with Gasteiger partial charge in [-0.05, 0) is 37.0 Å². The third-order valence-electron chi connectivity index (χ3n) is 5.54. The molecule has 6 nitrogen and oxygen atoms in total. The Labute approximate surface area is 157 Å². The van der Waals surface area contributed by atoms with Gasteiger partial charge < -0.3 is 15.0 Å². The quantitative estimate of drug-likeness (QED) is 0.891. The van der Waals surface area contributed by atoms with E-state index in [0.717, 1.165) is 24.1 Å². The molecule has 1 fully saturated rings. The van der Waals surface area contributed by atoms with Crippen molar-refractivity contribution in [1.82, 2.24) is 9.97 Å². The summed E-state index contributed by atoms with van der Waals surface area (Å²) in [6.45, 7) is 3.68. The van der Waals surface area contributed by atoms with E-state index in [4.69, 9.17) is 4.74 Å². The topological polar surface area (TPSA) is 67.4 Å². The highest BCUT2D eigenvalue weighted by Crippen LogP contribution is 2.50. The van der Waals surface area contributed by atoms with Crippen molar-refractivity contribution in [3.8, 4) is 5.88 Å². The molecular weight excluding hydrogens is 347 g/mol. The zero-order valence-corrected chi connectivity index (χ0v) is 15.6. The number of fused-ring (bicyclic) bond motifs is 1.